The van der Waals surface area contributed by atoms with Crippen LogP contribution < -0.4 is 10.5 Å². The zero-order chi connectivity index (χ0) is 13.1. The maximum absolute atomic E-state index is 5.80. The highest BCUT2D eigenvalue weighted by Gasteiger charge is 2.04. The van der Waals surface area contributed by atoms with Crippen molar-refractivity contribution in [1.82, 2.24) is 4.98 Å². The van der Waals surface area contributed by atoms with E-state index in [1.54, 1.807) is 6.20 Å². The van der Waals surface area contributed by atoms with Crippen molar-refractivity contribution in [3.8, 4) is 11.5 Å². The summed E-state index contributed by atoms with van der Waals surface area (Å²) in [5.74, 6) is 1.59. The number of aromatic nitrogens is 1. The average molecular weight is 242 g/mol. The van der Waals surface area contributed by atoms with Gasteiger partial charge < -0.3 is 10.5 Å². The van der Waals surface area contributed by atoms with Crippen LogP contribution in [0.25, 0.3) is 0 Å². The molecule has 0 aliphatic heterocycles. The maximum Gasteiger partial charge on any atom is 0.145 e. The fourth-order valence-electron chi connectivity index (χ4n) is 1.76. The van der Waals surface area contributed by atoms with Crippen LogP contribution in [0.4, 0.5) is 0 Å². The lowest BCUT2D eigenvalue weighted by Gasteiger charge is -2.10. The number of nitrogens with zero attached hydrogens (tertiary/aromatic N) is 1. The summed E-state index contributed by atoms with van der Waals surface area (Å²) in [5, 5.41) is 0. The highest BCUT2D eigenvalue weighted by atomic mass is 16.5. The van der Waals surface area contributed by atoms with Crippen molar-refractivity contribution < 1.29 is 4.74 Å². The standard InChI is InChI=1S/C15H18N2O/c1-10-4-7-15(11(2)8-10)18-13-5-6-14(12(3)16)17-9-13/h4-9,12H,16H2,1-3H3/t12-/m0/s1. The molecule has 3 heteroatoms. The van der Waals surface area contributed by atoms with Crippen LogP contribution in [0.5, 0.6) is 11.5 Å². The van der Waals surface area contributed by atoms with Gasteiger partial charge in [0.05, 0.1) is 11.9 Å². The summed E-state index contributed by atoms with van der Waals surface area (Å²) in [6.45, 7) is 6.01. The Bertz CT molecular complexity index is 533. The van der Waals surface area contributed by atoms with Crippen LogP contribution in [-0.4, -0.2) is 4.98 Å². The predicted molar refractivity (Wildman–Crippen MR) is 72.8 cm³/mol. The van der Waals surface area contributed by atoms with Gasteiger partial charge >= 0.3 is 0 Å². The molecular formula is C15H18N2O. The fourth-order valence-corrected chi connectivity index (χ4v) is 1.76. The van der Waals surface area contributed by atoms with Crippen LogP contribution in [-0.2, 0) is 0 Å². The molecule has 0 saturated carbocycles. The molecule has 94 valence electrons. The third-order valence-electron chi connectivity index (χ3n) is 2.78. The van der Waals surface area contributed by atoms with Crippen LogP contribution in [0.15, 0.2) is 36.5 Å². The highest BCUT2D eigenvalue weighted by molar-refractivity contribution is 5.39. The molecule has 0 spiro atoms. The Labute approximate surface area is 108 Å². The second kappa shape index (κ2) is 5.19. The molecule has 1 aromatic heterocycles. The minimum Gasteiger partial charge on any atom is -0.455 e. The molecular weight excluding hydrogens is 224 g/mol. The van der Waals surface area contributed by atoms with E-state index < -0.39 is 0 Å². The van der Waals surface area contributed by atoms with E-state index in [-0.39, 0.29) is 6.04 Å². The molecule has 0 bridgehead atoms. The molecule has 1 atom stereocenters. The molecule has 0 unspecified atom stereocenters. The van der Waals surface area contributed by atoms with E-state index >= 15 is 0 Å². The van der Waals surface area contributed by atoms with Crippen molar-refractivity contribution in [1.29, 1.82) is 0 Å². The molecule has 0 aliphatic rings. The van der Waals surface area contributed by atoms with Gasteiger partial charge in [0.25, 0.3) is 0 Å². The molecule has 2 rings (SSSR count). The van der Waals surface area contributed by atoms with Gasteiger partial charge in [-0.05, 0) is 44.5 Å². The molecule has 0 aliphatic carbocycles. The van der Waals surface area contributed by atoms with Crippen molar-refractivity contribution in [2.24, 2.45) is 5.73 Å². The smallest absolute Gasteiger partial charge is 0.145 e. The van der Waals surface area contributed by atoms with Crippen LogP contribution in [0.3, 0.4) is 0 Å². The molecule has 1 aromatic carbocycles. The molecule has 0 radical (unpaired) electrons. The summed E-state index contributed by atoms with van der Waals surface area (Å²) >= 11 is 0. The summed E-state index contributed by atoms with van der Waals surface area (Å²) in [6.07, 6.45) is 1.71. The van der Waals surface area contributed by atoms with Crippen LogP contribution in [0.1, 0.15) is 29.8 Å². The maximum atomic E-state index is 5.80. The lowest BCUT2D eigenvalue weighted by atomic mass is 10.1. The van der Waals surface area contributed by atoms with Gasteiger partial charge in [0.1, 0.15) is 11.5 Å². The van der Waals surface area contributed by atoms with Gasteiger partial charge in [0, 0.05) is 6.04 Å². The second-order valence-corrected chi connectivity index (χ2v) is 4.58. The van der Waals surface area contributed by atoms with Crippen molar-refractivity contribution in [2.45, 2.75) is 26.8 Å². The number of hydrogen-bond acceptors (Lipinski definition) is 3. The number of benzene rings is 1. The molecule has 2 aromatic rings. The summed E-state index contributed by atoms with van der Waals surface area (Å²) in [4.78, 5) is 4.27. The number of aryl methyl sites for hydroxylation is 2. The summed E-state index contributed by atoms with van der Waals surface area (Å²) in [5.41, 5.74) is 8.96. The summed E-state index contributed by atoms with van der Waals surface area (Å²) in [7, 11) is 0. The van der Waals surface area contributed by atoms with Crippen molar-refractivity contribution in [3.63, 3.8) is 0 Å². The molecule has 0 saturated heterocycles. The van der Waals surface area contributed by atoms with Gasteiger partial charge in [-0.25, -0.2) is 0 Å². The number of rotatable bonds is 3. The number of nitrogens with two attached hydrogens (primary N) is 1. The first kappa shape index (κ1) is 12.6. The molecule has 0 fully saturated rings. The second-order valence-electron chi connectivity index (χ2n) is 4.58. The first-order valence-electron chi connectivity index (χ1n) is 6.03. The fraction of sp³-hybridized carbons (Fsp3) is 0.267. The Hall–Kier alpha value is -1.87. The summed E-state index contributed by atoms with van der Waals surface area (Å²) < 4.78 is 5.80. The molecule has 18 heavy (non-hydrogen) atoms. The average Bonchev–Trinajstić information content (AvgIpc) is 2.33. The van der Waals surface area contributed by atoms with Crippen LogP contribution in [0.2, 0.25) is 0 Å². The van der Waals surface area contributed by atoms with E-state index in [0.29, 0.717) is 0 Å². The third-order valence-corrected chi connectivity index (χ3v) is 2.78. The van der Waals surface area contributed by atoms with E-state index in [4.69, 9.17) is 10.5 Å². The number of pyridine rings is 1. The first-order valence-corrected chi connectivity index (χ1v) is 6.03. The monoisotopic (exact) mass is 242 g/mol. The van der Waals surface area contributed by atoms with Gasteiger partial charge in [0.15, 0.2) is 0 Å². The lowest BCUT2D eigenvalue weighted by molar-refractivity contribution is 0.475. The number of ether oxygens (including phenoxy) is 1. The van der Waals surface area contributed by atoms with E-state index in [9.17, 15) is 0 Å². The van der Waals surface area contributed by atoms with Crippen molar-refractivity contribution in [3.05, 3.63) is 53.3 Å². The minimum absolute atomic E-state index is 0.0554. The van der Waals surface area contributed by atoms with Crippen molar-refractivity contribution >= 4 is 0 Å². The lowest BCUT2D eigenvalue weighted by Crippen LogP contribution is -2.06. The predicted octanol–water partition coefficient (Wildman–Crippen LogP) is 3.51. The molecule has 0 amide bonds. The molecule has 2 N–H and O–H groups in total. The Balaban J connectivity index is 2.18. The largest absolute Gasteiger partial charge is 0.455 e. The highest BCUT2D eigenvalue weighted by Crippen LogP contribution is 2.25. The van der Waals surface area contributed by atoms with Gasteiger partial charge in [-0.2, -0.15) is 0 Å². The van der Waals surface area contributed by atoms with Gasteiger partial charge in [0.2, 0.25) is 0 Å². The normalized spacial score (nSPS) is 12.2. The van der Waals surface area contributed by atoms with Crippen LogP contribution in [0, 0.1) is 13.8 Å². The summed E-state index contributed by atoms with van der Waals surface area (Å²) in [6, 6.07) is 9.84. The van der Waals surface area contributed by atoms with E-state index in [0.717, 1.165) is 22.8 Å². The van der Waals surface area contributed by atoms with Crippen LogP contribution >= 0.6 is 0 Å². The van der Waals surface area contributed by atoms with Gasteiger partial charge in [-0.3, -0.25) is 4.98 Å². The van der Waals surface area contributed by atoms with E-state index in [1.807, 2.05) is 38.1 Å². The molecule has 1 heterocycles. The SMILES string of the molecule is Cc1ccc(Oc2ccc([C@H](C)N)nc2)c(C)c1. The van der Waals surface area contributed by atoms with Gasteiger partial charge in [-0.15, -0.1) is 0 Å². The third kappa shape index (κ3) is 2.87. The Kier molecular flexibility index (Phi) is 3.63. The Morgan fingerprint density at radius 1 is 1.17 bits per heavy atom. The zero-order valence-electron chi connectivity index (χ0n) is 11.0. The number of hydrogen-bond donors (Lipinski definition) is 1. The quantitative estimate of drug-likeness (QED) is 0.896. The zero-order valence-corrected chi connectivity index (χ0v) is 11.0. The first-order chi connectivity index (χ1) is 8.56. The minimum atomic E-state index is -0.0554. The Morgan fingerprint density at radius 2 is 1.94 bits per heavy atom. The van der Waals surface area contributed by atoms with Crippen molar-refractivity contribution in [2.75, 3.05) is 0 Å². The Morgan fingerprint density at radius 3 is 2.50 bits per heavy atom. The van der Waals surface area contributed by atoms with E-state index in [1.165, 1.54) is 5.56 Å². The van der Waals surface area contributed by atoms with E-state index in [2.05, 4.69) is 18.0 Å². The molecule has 3 nitrogen and oxygen atoms in total. The topological polar surface area (TPSA) is 48.1 Å². The van der Waals surface area contributed by atoms with Gasteiger partial charge in [-0.1, -0.05) is 17.7 Å².